The molecule has 0 amide bonds. The van der Waals surface area contributed by atoms with Gasteiger partial charge in [-0.1, -0.05) is 30.3 Å². The molecule has 18 heavy (non-hydrogen) atoms. The molecule has 1 atom stereocenters. The number of rotatable bonds is 2. The molecule has 2 aliphatic rings. The number of thioether (sulfide) groups is 1. The predicted octanol–water partition coefficient (Wildman–Crippen LogP) is 2.18. The third kappa shape index (κ3) is 3.12. The summed E-state index contributed by atoms with van der Waals surface area (Å²) in [5.74, 6) is 3.54. The predicted molar refractivity (Wildman–Crippen MR) is 88.8 cm³/mol. The highest BCUT2D eigenvalue weighted by atomic mass is 127. The zero-order chi connectivity index (χ0) is 11.5. The molecule has 1 fully saturated rings. The second-order valence-electron chi connectivity index (χ2n) is 4.43. The van der Waals surface area contributed by atoms with Gasteiger partial charge in [-0.15, -0.1) is 24.0 Å². The molecule has 0 aliphatic carbocycles. The van der Waals surface area contributed by atoms with Crippen molar-refractivity contribution in [3.8, 4) is 0 Å². The number of benzene rings is 1. The SMILES string of the molecule is I.c1ccc(CNC2=NCC3CSCCN23)cc1. The van der Waals surface area contributed by atoms with Gasteiger partial charge >= 0.3 is 0 Å². The van der Waals surface area contributed by atoms with Crippen LogP contribution in [0.3, 0.4) is 0 Å². The van der Waals surface area contributed by atoms with Crippen molar-refractivity contribution in [2.45, 2.75) is 12.6 Å². The summed E-state index contributed by atoms with van der Waals surface area (Å²) in [4.78, 5) is 7.04. The summed E-state index contributed by atoms with van der Waals surface area (Å²) < 4.78 is 0. The molecule has 1 aromatic rings. The van der Waals surface area contributed by atoms with Crippen LogP contribution in [0.25, 0.3) is 0 Å². The van der Waals surface area contributed by atoms with Crippen LogP contribution in [0.1, 0.15) is 5.56 Å². The molecule has 2 aliphatic heterocycles. The van der Waals surface area contributed by atoms with Gasteiger partial charge in [0, 0.05) is 24.6 Å². The number of fused-ring (bicyclic) bond motifs is 1. The molecule has 0 aromatic heterocycles. The lowest BCUT2D eigenvalue weighted by Gasteiger charge is -2.31. The standard InChI is InChI=1S/C13H17N3S.HI/c1-2-4-11(5-3-1)8-14-13-15-9-12-10-17-7-6-16(12)13;/h1-5,12H,6-10H2,(H,14,15);1H. The molecule has 0 radical (unpaired) electrons. The molecule has 3 nitrogen and oxygen atoms in total. The highest BCUT2D eigenvalue weighted by molar-refractivity contribution is 14.0. The Hall–Kier alpha value is -0.430. The maximum Gasteiger partial charge on any atom is 0.194 e. The molecule has 2 heterocycles. The van der Waals surface area contributed by atoms with Gasteiger partial charge in [-0.25, -0.2) is 0 Å². The van der Waals surface area contributed by atoms with E-state index in [0.29, 0.717) is 6.04 Å². The Labute approximate surface area is 129 Å². The Bertz CT molecular complexity index is 410. The first-order valence-electron chi connectivity index (χ1n) is 6.10. The maximum atomic E-state index is 4.61. The quantitative estimate of drug-likeness (QED) is 0.804. The van der Waals surface area contributed by atoms with Crippen LogP contribution >= 0.6 is 35.7 Å². The molecule has 5 heteroatoms. The van der Waals surface area contributed by atoms with Crippen LogP contribution in [0.2, 0.25) is 0 Å². The second kappa shape index (κ2) is 6.65. The number of halogens is 1. The van der Waals surface area contributed by atoms with Crippen molar-refractivity contribution in [2.75, 3.05) is 24.6 Å². The molecule has 98 valence electrons. The molecule has 0 saturated carbocycles. The molecule has 0 spiro atoms. The Morgan fingerprint density at radius 3 is 3.00 bits per heavy atom. The van der Waals surface area contributed by atoms with Crippen molar-refractivity contribution in [2.24, 2.45) is 4.99 Å². The zero-order valence-corrected chi connectivity index (χ0v) is 13.4. The van der Waals surface area contributed by atoms with E-state index in [2.05, 4.69) is 45.5 Å². The van der Waals surface area contributed by atoms with Crippen LogP contribution in [-0.2, 0) is 6.54 Å². The van der Waals surface area contributed by atoms with Crippen molar-refractivity contribution in [3.63, 3.8) is 0 Å². The minimum Gasteiger partial charge on any atom is -0.352 e. The molecule has 1 unspecified atom stereocenters. The third-order valence-corrected chi connectivity index (χ3v) is 4.34. The minimum atomic E-state index is 0. The van der Waals surface area contributed by atoms with Crippen molar-refractivity contribution in [3.05, 3.63) is 35.9 Å². The third-order valence-electron chi connectivity index (χ3n) is 3.24. The summed E-state index contributed by atoms with van der Waals surface area (Å²) >= 11 is 2.05. The highest BCUT2D eigenvalue weighted by Gasteiger charge is 2.29. The molecular weight excluding hydrogens is 357 g/mol. The molecule has 3 rings (SSSR count). The minimum absolute atomic E-state index is 0. The van der Waals surface area contributed by atoms with Crippen LogP contribution in [-0.4, -0.2) is 41.5 Å². The fourth-order valence-corrected chi connectivity index (χ4v) is 3.35. The zero-order valence-electron chi connectivity index (χ0n) is 10.2. The lowest BCUT2D eigenvalue weighted by molar-refractivity contribution is 0.369. The molecule has 1 aromatic carbocycles. The first-order valence-corrected chi connectivity index (χ1v) is 7.25. The fraction of sp³-hybridized carbons (Fsp3) is 0.462. The van der Waals surface area contributed by atoms with E-state index >= 15 is 0 Å². The summed E-state index contributed by atoms with van der Waals surface area (Å²) in [5.41, 5.74) is 1.31. The number of hydrogen-bond donors (Lipinski definition) is 1. The van der Waals surface area contributed by atoms with Gasteiger partial charge < -0.3 is 10.2 Å². The monoisotopic (exact) mass is 375 g/mol. The van der Waals surface area contributed by atoms with Crippen molar-refractivity contribution in [1.29, 1.82) is 0 Å². The van der Waals surface area contributed by atoms with Gasteiger partial charge in [0.15, 0.2) is 5.96 Å². The van der Waals surface area contributed by atoms with E-state index in [-0.39, 0.29) is 24.0 Å². The van der Waals surface area contributed by atoms with Crippen LogP contribution in [0.4, 0.5) is 0 Å². The normalized spacial score (nSPS) is 21.9. The smallest absolute Gasteiger partial charge is 0.194 e. The van der Waals surface area contributed by atoms with Gasteiger partial charge in [-0.2, -0.15) is 11.8 Å². The Morgan fingerprint density at radius 1 is 1.33 bits per heavy atom. The van der Waals surface area contributed by atoms with E-state index in [4.69, 9.17) is 0 Å². The van der Waals surface area contributed by atoms with E-state index in [9.17, 15) is 0 Å². The lowest BCUT2D eigenvalue weighted by Crippen LogP contribution is -2.47. The van der Waals surface area contributed by atoms with Crippen LogP contribution in [0.15, 0.2) is 35.3 Å². The molecule has 1 saturated heterocycles. The number of nitrogens with one attached hydrogen (secondary N) is 1. The van der Waals surface area contributed by atoms with Crippen LogP contribution < -0.4 is 5.32 Å². The average molecular weight is 375 g/mol. The van der Waals surface area contributed by atoms with E-state index < -0.39 is 0 Å². The summed E-state index contributed by atoms with van der Waals surface area (Å²) in [6.07, 6.45) is 0. The van der Waals surface area contributed by atoms with Crippen molar-refractivity contribution >= 4 is 41.7 Å². The maximum absolute atomic E-state index is 4.61. The number of guanidine groups is 1. The largest absolute Gasteiger partial charge is 0.352 e. The van der Waals surface area contributed by atoms with Crippen LogP contribution in [0.5, 0.6) is 0 Å². The first-order chi connectivity index (χ1) is 8.43. The molecule has 1 N–H and O–H groups in total. The van der Waals surface area contributed by atoms with E-state index in [1.54, 1.807) is 0 Å². The second-order valence-corrected chi connectivity index (χ2v) is 5.58. The Morgan fingerprint density at radius 2 is 2.17 bits per heavy atom. The van der Waals surface area contributed by atoms with Gasteiger partial charge in [0.25, 0.3) is 0 Å². The van der Waals surface area contributed by atoms with Crippen molar-refractivity contribution in [1.82, 2.24) is 10.2 Å². The van der Waals surface area contributed by atoms with E-state index in [1.165, 1.54) is 17.1 Å². The Kier molecular flexibility index (Phi) is 5.17. The first kappa shape index (κ1) is 14.0. The number of hydrogen-bond acceptors (Lipinski definition) is 4. The fourth-order valence-electron chi connectivity index (χ4n) is 2.30. The summed E-state index contributed by atoms with van der Waals surface area (Å²) in [7, 11) is 0. The van der Waals surface area contributed by atoms with Gasteiger partial charge in [0.05, 0.1) is 12.6 Å². The summed E-state index contributed by atoms with van der Waals surface area (Å²) in [5, 5.41) is 3.46. The Balaban J connectivity index is 0.00000120. The molecule has 0 bridgehead atoms. The van der Waals surface area contributed by atoms with Crippen molar-refractivity contribution < 1.29 is 0 Å². The number of aliphatic imine (C=N–C) groups is 1. The number of nitrogens with zero attached hydrogens (tertiary/aromatic N) is 2. The topological polar surface area (TPSA) is 27.6 Å². The average Bonchev–Trinajstić information content (AvgIpc) is 2.81. The van der Waals surface area contributed by atoms with E-state index in [0.717, 1.165) is 25.6 Å². The van der Waals surface area contributed by atoms with E-state index in [1.807, 2.05) is 11.8 Å². The summed E-state index contributed by atoms with van der Waals surface area (Å²) in [6.45, 7) is 2.97. The van der Waals surface area contributed by atoms with Gasteiger partial charge in [0.1, 0.15) is 0 Å². The van der Waals surface area contributed by atoms with Gasteiger partial charge in [-0.3, -0.25) is 4.99 Å². The van der Waals surface area contributed by atoms with Gasteiger partial charge in [-0.05, 0) is 5.56 Å². The van der Waals surface area contributed by atoms with Crippen LogP contribution in [0, 0.1) is 0 Å². The summed E-state index contributed by atoms with van der Waals surface area (Å²) in [6, 6.07) is 11.1. The van der Waals surface area contributed by atoms with Gasteiger partial charge in [0.2, 0.25) is 0 Å². The molecular formula is C13H18IN3S. The highest BCUT2D eigenvalue weighted by Crippen LogP contribution is 2.20. The lowest BCUT2D eigenvalue weighted by atomic mass is 10.2.